The number of nitrogens with zero attached hydrogens (tertiary/aromatic N) is 5. The fourth-order valence-electron chi connectivity index (χ4n) is 3.69. The molecule has 0 bridgehead atoms. The van der Waals surface area contributed by atoms with Crippen molar-refractivity contribution in [1.29, 1.82) is 0 Å². The number of amides is 1. The first-order chi connectivity index (χ1) is 13.1. The molecule has 1 amide bonds. The van der Waals surface area contributed by atoms with E-state index in [1.165, 1.54) is 19.3 Å². The van der Waals surface area contributed by atoms with Crippen LogP contribution in [-0.2, 0) is 24.9 Å². The number of likely N-dealkylation sites (tertiary alicyclic amines) is 1. The van der Waals surface area contributed by atoms with E-state index in [1.807, 2.05) is 31.3 Å². The van der Waals surface area contributed by atoms with Gasteiger partial charge in [-0.3, -0.25) is 14.4 Å². The number of nitrogens with one attached hydrogen (secondary N) is 1. The molecule has 0 atom stereocenters. The summed E-state index contributed by atoms with van der Waals surface area (Å²) in [5.74, 6) is 0.976. The monoisotopic (exact) mass is 366 g/mol. The molecule has 0 radical (unpaired) electrons. The maximum atomic E-state index is 12.3. The minimum Gasteiger partial charge on any atom is -0.330 e. The summed E-state index contributed by atoms with van der Waals surface area (Å²) in [5, 5.41) is 7.10. The Morgan fingerprint density at radius 1 is 1.22 bits per heavy atom. The second-order valence-electron chi connectivity index (χ2n) is 7.39. The Hall–Kier alpha value is -2.67. The highest BCUT2D eigenvalue weighted by molar-refractivity contribution is 5.93. The normalized spacial score (nSPS) is 15.3. The summed E-state index contributed by atoms with van der Waals surface area (Å²) >= 11 is 0. The molecule has 1 aliphatic rings. The van der Waals surface area contributed by atoms with Gasteiger partial charge in [0.15, 0.2) is 0 Å². The van der Waals surface area contributed by atoms with Gasteiger partial charge >= 0.3 is 0 Å². The number of fused-ring (bicyclic) bond motifs is 1. The molecule has 1 aromatic carbocycles. The molecule has 0 aliphatic carbocycles. The molecule has 2 aromatic heterocycles. The Morgan fingerprint density at radius 3 is 2.78 bits per heavy atom. The van der Waals surface area contributed by atoms with E-state index in [4.69, 9.17) is 4.98 Å². The highest BCUT2D eigenvalue weighted by Crippen LogP contribution is 2.21. The summed E-state index contributed by atoms with van der Waals surface area (Å²) in [6.07, 6.45) is 7.48. The van der Waals surface area contributed by atoms with E-state index in [0.29, 0.717) is 0 Å². The second-order valence-corrected chi connectivity index (χ2v) is 7.39. The van der Waals surface area contributed by atoms with Crippen LogP contribution < -0.4 is 5.32 Å². The SMILES string of the molecule is Cc1cnn(CC(=O)Nc2ccc3c(c2)nc(CN2CCCCC2)n3C)c1. The predicted octanol–water partition coefficient (Wildman–Crippen LogP) is 2.70. The largest absolute Gasteiger partial charge is 0.330 e. The smallest absolute Gasteiger partial charge is 0.246 e. The number of carbonyl (C=O) groups is 1. The van der Waals surface area contributed by atoms with Crippen molar-refractivity contribution < 1.29 is 4.79 Å². The highest BCUT2D eigenvalue weighted by Gasteiger charge is 2.15. The van der Waals surface area contributed by atoms with Crippen molar-refractivity contribution in [2.24, 2.45) is 7.05 Å². The lowest BCUT2D eigenvalue weighted by molar-refractivity contribution is -0.116. The van der Waals surface area contributed by atoms with Crippen LogP contribution in [0.1, 0.15) is 30.7 Å². The van der Waals surface area contributed by atoms with Gasteiger partial charge in [-0.1, -0.05) is 6.42 Å². The third-order valence-corrected chi connectivity index (χ3v) is 5.14. The molecule has 3 aromatic rings. The zero-order chi connectivity index (χ0) is 18.8. The van der Waals surface area contributed by atoms with E-state index < -0.39 is 0 Å². The molecule has 1 N–H and O–H groups in total. The molecule has 27 heavy (non-hydrogen) atoms. The molecule has 0 unspecified atom stereocenters. The second kappa shape index (κ2) is 7.52. The van der Waals surface area contributed by atoms with E-state index in [2.05, 4.69) is 26.9 Å². The topological polar surface area (TPSA) is 68.0 Å². The maximum absolute atomic E-state index is 12.3. The van der Waals surface area contributed by atoms with Gasteiger partial charge in [-0.15, -0.1) is 0 Å². The summed E-state index contributed by atoms with van der Waals surface area (Å²) in [6, 6.07) is 5.90. The lowest BCUT2D eigenvalue weighted by Gasteiger charge is -2.25. The van der Waals surface area contributed by atoms with Gasteiger partial charge in [-0.05, 0) is 56.6 Å². The molecule has 142 valence electrons. The zero-order valence-corrected chi connectivity index (χ0v) is 16.0. The standard InChI is InChI=1S/C20H26N6O/c1-15-11-21-26(12-15)14-20(27)22-16-6-7-18-17(10-16)23-19(24(18)2)13-25-8-4-3-5-9-25/h6-7,10-12H,3-5,8-9,13-14H2,1-2H3,(H,22,27). The summed E-state index contributed by atoms with van der Waals surface area (Å²) in [6.45, 7) is 5.34. The highest BCUT2D eigenvalue weighted by atomic mass is 16.2. The Balaban J connectivity index is 1.47. The van der Waals surface area contributed by atoms with Crippen molar-refractivity contribution in [3.63, 3.8) is 0 Å². The Morgan fingerprint density at radius 2 is 2.04 bits per heavy atom. The van der Waals surface area contributed by atoms with Crippen LogP contribution in [0.25, 0.3) is 11.0 Å². The molecule has 0 saturated carbocycles. The molecule has 7 nitrogen and oxygen atoms in total. The number of aryl methyl sites for hydroxylation is 2. The Kier molecular flexibility index (Phi) is 4.94. The van der Waals surface area contributed by atoms with Gasteiger partial charge in [-0.2, -0.15) is 5.10 Å². The summed E-state index contributed by atoms with van der Waals surface area (Å²) in [5.41, 5.74) is 3.80. The van der Waals surface area contributed by atoms with Gasteiger partial charge < -0.3 is 9.88 Å². The van der Waals surface area contributed by atoms with Gasteiger partial charge in [-0.25, -0.2) is 4.98 Å². The fourth-order valence-corrected chi connectivity index (χ4v) is 3.69. The van der Waals surface area contributed by atoms with Gasteiger partial charge in [0.05, 0.1) is 23.8 Å². The van der Waals surface area contributed by atoms with Crippen LogP contribution in [0.15, 0.2) is 30.6 Å². The van der Waals surface area contributed by atoms with Crippen LogP contribution in [0.5, 0.6) is 0 Å². The van der Waals surface area contributed by atoms with Crippen LogP contribution in [-0.4, -0.2) is 43.2 Å². The van der Waals surface area contributed by atoms with Crippen molar-refractivity contribution in [3.05, 3.63) is 42.0 Å². The lowest BCUT2D eigenvalue weighted by Crippen LogP contribution is -2.30. The van der Waals surface area contributed by atoms with Gasteiger partial charge in [0.25, 0.3) is 0 Å². The van der Waals surface area contributed by atoms with Crippen LogP contribution in [0, 0.1) is 6.92 Å². The van der Waals surface area contributed by atoms with Gasteiger partial charge in [0, 0.05) is 18.9 Å². The molecule has 0 spiro atoms. The molecule has 1 saturated heterocycles. The number of carbonyl (C=O) groups excluding carboxylic acids is 1. The van der Waals surface area contributed by atoms with Crippen molar-refractivity contribution in [1.82, 2.24) is 24.2 Å². The minimum absolute atomic E-state index is 0.0954. The van der Waals surface area contributed by atoms with Crippen molar-refractivity contribution in [2.45, 2.75) is 39.3 Å². The zero-order valence-electron chi connectivity index (χ0n) is 16.0. The molecular weight excluding hydrogens is 340 g/mol. The lowest BCUT2D eigenvalue weighted by atomic mass is 10.1. The third-order valence-electron chi connectivity index (χ3n) is 5.14. The molecular formula is C20H26N6O. The van der Waals surface area contributed by atoms with E-state index in [0.717, 1.165) is 47.7 Å². The van der Waals surface area contributed by atoms with Gasteiger partial charge in [0.1, 0.15) is 12.4 Å². The third kappa shape index (κ3) is 4.03. The number of anilines is 1. The summed E-state index contributed by atoms with van der Waals surface area (Å²) in [4.78, 5) is 19.5. The quantitative estimate of drug-likeness (QED) is 0.754. The minimum atomic E-state index is -0.0954. The first-order valence-electron chi connectivity index (χ1n) is 9.55. The van der Waals surface area contributed by atoms with E-state index in [-0.39, 0.29) is 12.5 Å². The summed E-state index contributed by atoms with van der Waals surface area (Å²) < 4.78 is 3.79. The average molecular weight is 366 g/mol. The Labute approximate surface area is 159 Å². The van der Waals surface area contributed by atoms with Crippen LogP contribution in [0.2, 0.25) is 0 Å². The molecule has 4 rings (SSSR count). The van der Waals surface area contributed by atoms with E-state index in [1.54, 1.807) is 10.9 Å². The van der Waals surface area contributed by atoms with Crippen LogP contribution >= 0.6 is 0 Å². The number of hydrogen-bond donors (Lipinski definition) is 1. The van der Waals surface area contributed by atoms with E-state index in [9.17, 15) is 4.79 Å². The predicted molar refractivity (Wildman–Crippen MR) is 105 cm³/mol. The van der Waals surface area contributed by atoms with Crippen molar-refractivity contribution in [3.8, 4) is 0 Å². The van der Waals surface area contributed by atoms with Crippen LogP contribution in [0.3, 0.4) is 0 Å². The number of hydrogen-bond acceptors (Lipinski definition) is 4. The molecule has 7 heteroatoms. The molecule has 1 fully saturated rings. The fraction of sp³-hybridized carbons (Fsp3) is 0.450. The Bertz CT molecular complexity index is 951. The van der Waals surface area contributed by atoms with Crippen LogP contribution in [0.4, 0.5) is 5.69 Å². The number of piperidine rings is 1. The summed E-state index contributed by atoms with van der Waals surface area (Å²) in [7, 11) is 2.06. The number of aromatic nitrogens is 4. The van der Waals surface area contributed by atoms with Gasteiger partial charge in [0.2, 0.25) is 5.91 Å². The first-order valence-corrected chi connectivity index (χ1v) is 9.55. The number of benzene rings is 1. The molecule has 3 heterocycles. The van der Waals surface area contributed by atoms with E-state index >= 15 is 0 Å². The first kappa shape index (κ1) is 17.7. The average Bonchev–Trinajstić information content (AvgIpc) is 3.19. The maximum Gasteiger partial charge on any atom is 0.246 e. The number of rotatable bonds is 5. The van der Waals surface area contributed by atoms with Crippen molar-refractivity contribution in [2.75, 3.05) is 18.4 Å². The molecule has 1 aliphatic heterocycles. The van der Waals surface area contributed by atoms with Crippen molar-refractivity contribution >= 4 is 22.6 Å². The number of imidazole rings is 1.